The number of cyclic esters (lactones) is 1. The Bertz CT molecular complexity index is 2140. The molecule has 6 heteroatoms. The highest BCUT2D eigenvalue weighted by molar-refractivity contribution is 5.96. The van der Waals surface area contributed by atoms with Crippen molar-refractivity contribution >= 4 is 5.97 Å². The molecule has 0 fully saturated rings. The van der Waals surface area contributed by atoms with E-state index in [1.54, 1.807) is 30.3 Å². The molecule has 0 spiro atoms. The summed E-state index contributed by atoms with van der Waals surface area (Å²) in [5, 5.41) is 19.2. The van der Waals surface area contributed by atoms with Crippen LogP contribution in [0.4, 0.5) is 0 Å². The molecule has 0 bridgehead atoms. The van der Waals surface area contributed by atoms with Crippen molar-refractivity contribution in [3.8, 4) is 56.8 Å². The third kappa shape index (κ3) is 5.80. The zero-order valence-electron chi connectivity index (χ0n) is 26.7. The van der Waals surface area contributed by atoms with Gasteiger partial charge in [-0.05, 0) is 101 Å². The molecule has 7 aromatic rings. The lowest BCUT2D eigenvalue weighted by molar-refractivity contribution is 0.0251. The molecule has 0 saturated carbocycles. The topological polar surface area (TPSA) is 85.2 Å². The van der Waals surface area contributed by atoms with Gasteiger partial charge in [-0.3, -0.25) is 0 Å². The normalized spacial score (nSPS) is 12.9. The molecule has 50 heavy (non-hydrogen) atoms. The maximum Gasteiger partial charge on any atom is 0.340 e. The van der Waals surface area contributed by atoms with Crippen LogP contribution in [-0.4, -0.2) is 16.2 Å². The first-order chi connectivity index (χ1) is 24.4. The molecule has 1 aliphatic rings. The van der Waals surface area contributed by atoms with Crippen LogP contribution < -0.4 is 9.47 Å². The van der Waals surface area contributed by atoms with E-state index < -0.39 is 5.60 Å². The smallest absolute Gasteiger partial charge is 0.340 e. The van der Waals surface area contributed by atoms with Gasteiger partial charge in [0, 0.05) is 16.7 Å². The predicted molar refractivity (Wildman–Crippen MR) is 192 cm³/mol. The van der Waals surface area contributed by atoms with Gasteiger partial charge in [0.15, 0.2) is 5.60 Å². The summed E-state index contributed by atoms with van der Waals surface area (Å²) in [6.45, 7) is 0. The number of phenols is 2. The zero-order valence-corrected chi connectivity index (χ0v) is 26.7. The summed E-state index contributed by atoms with van der Waals surface area (Å²) in [6.07, 6.45) is 0. The van der Waals surface area contributed by atoms with Gasteiger partial charge >= 0.3 is 5.97 Å². The number of benzene rings is 7. The predicted octanol–water partition coefficient (Wildman–Crippen LogP) is 10.5. The first-order valence-electron chi connectivity index (χ1n) is 16.1. The molecule has 242 valence electrons. The number of fused-ring (bicyclic) bond motifs is 1. The Morgan fingerprint density at radius 3 is 1.16 bits per heavy atom. The molecule has 8 rings (SSSR count). The molecule has 2 N–H and O–H groups in total. The second-order valence-electron chi connectivity index (χ2n) is 12.0. The molecule has 0 saturated heterocycles. The quantitative estimate of drug-likeness (QED) is 0.159. The Kier molecular flexibility index (Phi) is 7.74. The average Bonchev–Trinajstić information content (AvgIpc) is 3.46. The molecule has 1 heterocycles. The number of carbonyl (C=O) groups excluding carboxylic acids is 1. The molecule has 0 unspecified atom stereocenters. The molecular weight excluding hydrogens is 624 g/mol. The van der Waals surface area contributed by atoms with Crippen LogP contribution in [0.5, 0.6) is 34.5 Å². The van der Waals surface area contributed by atoms with Crippen molar-refractivity contribution in [2.75, 3.05) is 0 Å². The third-order valence-electron chi connectivity index (χ3n) is 8.88. The molecule has 6 nitrogen and oxygen atoms in total. The van der Waals surface area contributed by atoms with Crippen LogP contribution in [0, 0.1) is 0 Å². The molecule has 0 aliphatic carbocycles. The maximum atomic E-state index is 13.2. The Balaban J connectivity index is 1.05. The van der Waals surface area contributed by atoms with Gasteiger partial charge in [0.2, 0.25) is 0 Å². The van der Waals surface area contributed by atoms with Crippen molar-refractivity contribution in [2.45, 2.75) is 5.60 Å². The number of aromatic hydroxyl groups is 2. The van der Waals surface area contributed by atoms with Crippen molar-refractivity contribution in [3.05, 3.63) is 192 Å². The zero-order chi connectivity index (χ0) is 34.1. The first kappa shape index (κ1) is 30.5. The number of carbonyl (C=O) groups is 1. The number of ether oxygens (including phenoxy) is 3. The Morgan fingerprint density at radius 1 is 0.420 bits per heavy atom. The Morgan fingerprint density at radius 2 is 0.760 bits per heavy atom. The van der Waals surface area contributed by atoms with Crippen molar-refractivity contribution in [3.63, 3.8) is 0 Å². The number of esters is 1. The summed E-state index contributed by atoms with van der Waals surface area (Å²) in [6, 6.07) is 52.3. The van der Waals surface area contributed by atoms with E-state index in [1.165, 1.54) is 0 Å². The van der Waals surface area contributed by atoms with Crippen LogP contribution >= 0.6 is 0 Å². The van der Waals surface area contributed by atoms with Gasteiger partial charge in [-0.2, -0.15) is 0 Å². The Hall–Kier alpha value is -6.79. The average molecular weight is 655 g/mol. The minimum Gasteiger partial charge on any atom is -0.508 e. The lowest BCUT2D eigenvalue weighted by Gasteiger charge is -2.30. The SMILES string of the molecule is O=C1OC(c2ccc(Oc3ccc(-c4ccc(O)cc4)cc3)cc2)(c2ccc(Oc3ccc(-c4ccc(O)cc4)cc3)cc2)c2ccccc21. The lowest BCUT2D eigenvalue weighted by Crippen LogP contribution is -2.29. The summed E-state index contributed by atoms with van der Waals surface area (Å²) in [5.74, 6) is 2.70. The molecule has 1 aliphatic heterocycles. The summed E-state index contributed by atoms with van der Waals surface area (Å²) < 4.78 is 18.6. The number of hydrogen-bond donors (Lipinski definition) is 2. The fourth-order valence-corrected chi connectivity index (χ4v) is 6.34. The molecule has 0 radical (unpaired) electrons. The second kappa shape index (κ2) is 12.7. The maximum absolute atomic E-state index is 13.2. The summed E-state index contributed by atoms with van der Waals surface area (Å²) >= 11 is 0. The van der Waals surface area contributed by atoms with Gasteiger partial charge in [-0.15, -0.1) is 0 Å². The monoisotopic (exact) mass is 654 g/mol. The van der Waals surface area contributed by atoms with Crippen molar-refractivity contribution in [1.29, 1.82) is 0 Å². The molecule has 7 aromatic carbocycles. The van der Waals surface area contributed by atoms with Crippen LogP contribution in [0.25, 0.3) is 22.3 Å². The van der Waals surface area contributed by atoms with Gasteiger partial charge < -0.3 is 24.4 Å². The molecule has 0 atom stereocenters. The summed E-state index contributed by atoms with van der Waals surface area (Å²) in [4.78, 5) is 13.2. The van der Waals surface area contributed by atoms with Crippen LogP contribution in [-0.2, 0) is 10.3 Å². The van der Waals surface area contributed by atoms with E-state index in [-0.39, 0.29) is 17.5 Å². The van der Waals surface area contributed by atoms with E-state index in [4.69, 9.17) is 14.2 Å². The lowest BCUT2D eigenvalue weighted by atomic mass is 9.80. The van der Waals surface area contributed by atoms with E-state index in [0.29, 0.717) is 28.6 Å². The van der Waals surface area contributed by atoms with Crippen molar-refractivity contribution < 1.29 is 29.2 Å². The summed E-state index contributed by atoms with van der Waals surface area (Å²) in [5.41, 5.74) is 5.70. The van der Waals surface area contributed by atoms with Gasteiger partial charge in [0.25, 0.3) is 0 Å². The Labute approximate surface area is 289 Å². The molecule has 0 amide bonds. The molecule has 0 aromatic heterocycles. The third-order valence-corrected chi connectivity index (χ3v) is 8.88. The van der Waals surface area contributed by atoms with Gasteiger partial charge in [-0.1, -0.05) is 91.0 Å². The highest BCUT2D eigenvalue weighted by atomic mass is 16.6. The van der Waals surface area contributed by atoms with E-state index in [1.807, 2.05) is 140 Å². The number of phenolic OH excluding ortho intramolecular Hbond substituents is 2. The fourth-order valence-electron chi connectivity index (χ4n) is 6.34. The fraction of sp³-hybridized carbons (Fsp3) is 0.0227. The van der Waals surface area contributed by atoms with Crippen LogP contribution in [0.1, 0.15) is 27.0 Å². The summed E-state index contributed by atoms with van der Waals surface area (Å²) in [7, 11) is 0. The number of hydrogen-bond acceptors (Lipinski definition) is 6. The van der Waals surface area contributed by atoms with Gasteiger partial charge in [-0.25, -0.2) is 4.79 Å². The van der Waals surface area contributed by atoms with Crippen molar-refractivity contribution in [1.82, 2.24) is 0 Å². The largest absolute Gasteiger partial charge is 0.508 e. The van der Waals surface area contributed by atoms with E-state index in [9.17, 15) is 15.0 Å². The minimum absolute atomic E-state index is 0.228. The molecular formula is C44H30O6. The van der Waals surface area contributed by atoms with Gasteiger partial charge in [0.1, 0.15) is 34.5 Å². The van der Waals surface area contributed by atoms with Crippen molar-refractivity contribution in [2.24, 2.45) is 0 Å². The van der Waals surface area contributed by atoms with Crippen LogP contribution in [0.15, 0.2) is 170 Å². The second-order valence-corrected chi connectivity index (χ2v) is 12.0. The highest BCUT2D eigenvalue weighted by Crippen LogP contribution is 2.47. The van der Waals surface area contributed by atoms with E-state index >= 15 is 0 Å². The van der Waals surface area contributed by atoms with Crippen LogP contribution in [0.3, 0.4) is 0 Å². The number of rotatable bonds is 8. The standard InChI is InChI=1S/C44H30O6/c45-35-17-5-29(6-18-35)31-9-21-37(22-10-31)48-39-25-13-33(14-26-39)44(42-4-2-1-3-41(42)43(47)50-44)34-15-27-40(28-16-34)49-38-23-11-32(12-24-38)30-7-19-36(46)20-8-30/h1-28,45-46H. The van der Waals surface area contributed by atoms with Gasteiger partial charge in [0.05, 0.1) is 5.56 Å². The first-order valence-corrected chi connectivity index (χ1v) is 16.1. The van der Waals surface area contributed by atoms with E-state index in [2.05, 4.69) is 0 Å². The highest BCUT2D eigenvalue weighted by Gasteiger charge is 2.48. The van der Waals surface area contributed by atoms with E-state index in [0.717, 1.165) is 38.9 Å². The van der Waals surface area contributed by atoms with Crippen LogP contribution in [0.2, 0.25) is 0 Å². The minimum atomic E-state index is -1.16.